The maximum Gasteiger partial charge on any atom is 0.320 e. The third-order valence-corrected chi connectivity index (χ3v) is 2.25. The number of phenols is 2. The third-order valence-electron chi connectivity index (χ3n) is 2.25. The Morgan fingerprint density at radius 2 is 1.79 bits per heavy atom. The normalized spacial score (nSPS) is 11.6. The predicted octanol–water partition coefficient (Wildman–Crippen LogP) is -0.267. The molecule has 8 heteroatoms. The fourth-order valence-electron chi connectivity index (χ4n) is 1.28. The predicted molar refractivity (Wildman–Crippen MR) is 66.4 cm³/mol. The number of hydrogen-bond donors (Lipinski definition) is 6. The lowest BCUT2D eigenvalue weighted by atomic mass is 10.2. The molecule has 0 aliphatic rings. The van der Waals surface area contributed by atoms with E-state index in [1.165, 1.54) is 12.1 Å². The van der Waals surface area contributed by atoms with E-state index in [1.807, 2.05) is 0 Å². The van der Waals surface area contributed by atoms with Crippen molar-refractivity contribution in [3.8, 4) is 11.5 Å². The zero-order valence-electron chi connectivity index (χ0n) is 9.96. The monoisotopic (exact) mass is 269 g/mol. The van der Waals surface area contributed by atoms with Gasteiger partial charge in [0, 0.05) is 24.6 Å². The van der Waals surface area contributed by atoms with Crippen LogP contribution in [0.2, 0.25) is 0 Å². The Bertz CT molecular complexity index is 457. The van der Waals surface area contributed by atoms with E-state index < -0.39 is 17.9 Å². The number of hydrogen-bond acceptors (Lipinski definition) is 6. The second-order valence-electron chi connectivity index (χ2n) is 3.89. The van der Waals surface area contributed by atoms with Crippen molar-refractivity contribution in [1.29, 1.82) is 0 Å². The molecule has 1 aromatic carbocycles. The van der Waals surface area contributed by atoms with E-state index in [9.17, 15) is 19.8 Å². The van der Waals surface area contributed by atoms with Gasteiger partial charge in [-0.2, -0.15) is 0 Å². The quantitative estimate of drug-likeness (QED) is 0.390. The van der Waals surface area contributed by atoms with Crippen LogP contribution >= 0.6 is 0 Å². The van der Waals surface area contributed by atoms with Crippen molar-refractivity contribution in [2.45, 2.75) is 18.9 Å². The van der Waals surface area contributed by atoms with Crippen molar-refractivity contribution in [1.82, 2.24) is 5.43 Å². The van der Waals surface area contributed by atoms with Crippen molar-refractivity contribution in [3.63, 3.8) is 0 Å². The lowest BCUT2D eigenvalue weighted by molar-refractivity contribution is -0.138. The van der Waals surface area contributed by atoms with E-state index in [2.05, 4.69) is 10.9 Å². The maximum absolute atomic E-state index is 11.4. The van der Waals surface area contributed by atoms with Crippen molar-refractivity contribution in [2.24, 2.45) is 5.73 Å². The fourth-order valence-corrected chi connectivity index (χ4v) is 1.28. The van der Waals surface area contributed by atoms with Crippen LogP contribution in [0.15, 0.2) is 18.2 Å². The smallest absolute Gasteiger partial charge is 0.320 e. The molecule has 104 valence electrons. The lowest BCUT2D eigenvalue weighted by Gasteiger charge is -2.10. The summed E-state index contributed by atoms with van der Waals surface area (Å²) in [6.45, 7) is 0. The molecule has 1 rings (SSSR count). The molecule has 0 heterocycles. The molecular formula is C11H15N3O5. The van der Waals surface area contributed by atoms with Crippen LogP contribution in [0.4, 0.5) is 5.69 Å². The van der Waals surface area contributed by atoms with Crippen molar-refractivity contribution >= 4 is 17.6 Å². The van der Waals surface area contributed by atoms with E-state index in [4.69, 9.17) is 10.8 Å². The van der Waals surface area contributed by atoms with Gasteiger partial charge in [0.1, 0.15) is 17.5 Å². The van der Waals surface area contributed by atoms with Crippen molar-refractivity contribution < 1.29 is 24.9 Å². The van der Waals surface area contributed by atoms with Gasteiger partial charge < -0.3 is 21.1 Å². The number of carboxylic acids is 1. The molecule has 0 unspecified atom stereocenters. The van der Waals surface area contributed by atoms with E-state index >= 15 is 0 Å². The molecule has 7 N–H and O–H groups in total. The molecule has 1 amide bonds. The molecule has 8 nitrogen and oxygen atoms in total. The van der Waals surface area contributed by atoms with Gasteiger partial charge in [0.2, 0.25) is 5.91 Å². The summed E-state index contributed by atoms with van der Waals surface area (Å²) in [7, 11) is 0. The summed E-state index contributed by atoms with van der Waals surface area (Å²) < 4.78 is 0. The number of aliphatic carboxylic acids is 1. The SMILES string of the molecule is N[C@@H](CCC(=O)NNc1cc(O)cc(O)c1)C(=O)O. The molecule has 0 bridgehead atoms. The highest BCUT2D eigenvalue weighted by atomic mass is 16.4. The van der Waals surface area contributed by atoms with Crippen LogP contribution in [-0.2, 0) is 9.59 Å². The second kappa shape index (κ2) is 6.45. The van der Waals surface area contributed by atoms with Crippen LogP contribution in [0.5, 0.6) is 11.5 Å². The van der Waals surface area contributed by atoms with E-state index in [-0.39, 0.29) is 30.0 Å². The number of nitrogens with two attached hydrogens (primary N) is 1. The van der Waals surface area contributed by atoms with Crippen LogP contribution in [-0.4, -0.2) is 33.2 Å². The number of rotatable bonds is 6. The van der Waals surface area contributed by atoms with Gasteiger partial charge in [-0.05, 0) is 6.42 Å². The maximum atomic E-state index is 11.4. The summed E-state index contributed by atoms with van der Waals surface area (Å²) in [5.41, 5.74) is 10.3. The molecule has 1 atom stereocenters. The van der Waals surface area contributed by atoms with Gasteiger partial charge >= 0.3 is 5.97 Å². The highest BCUT2D eigenvalue weighted by molar-refractivity contribution is 5.79. The number of benzene rings is 1. The minimum Gasteiger partial charge on any atom is -0.508 e. The Balaban J connectivity index is 2.39. The van der Waals surface area contributed by atoms with Crippen LogP contribution in [0.25, 0.3) is 0 Å². The number of nitrogens with one attached hydrogen (secondary N) is 2. The largest absolute Gasteiger partial charge is 0.508 e. The Kier molecular flexibility index (Phi) is 4.95. The summed E-state index contributed by atoms with van der Waals surface area (Å²) in [5.74, 6) is -1.95. The number of carbonyl (C=O) groups is 2. The Labute approximate surface area is 108 Å². The molecule has 19 heavy (non-hydrogen) atoms. The average molecular weight is 269 g/mol. The first-order valence-electron chi connectivity index (χ1n) is 5.44. The fraction of sp³-hybridized carbons (Fsp3) is 0.273. The van der Waals surface area contributed by atoms with Gasteiger partial charge in [0.25, 0.3) is 0 Å². The standard InChI is InChI=1S/C11H15N3O5/c12-9(11(18)19)1-2-10(17)14-13-6-3-7(15)5-8(16)4-6/h3-5,9,13,15-16H,1-2,12H2,(H,14,17)(H,18,19)/t9-/m0/s1. The molecule has 0 saturated heterocycles. The highest BCUT2D eigenvalue weighted by Gasteiger charge is 2.13. The van der Waals surface area contributed by atoms with Crippen LogP contribution in [0.1, 0.15) is 12.8 Å². The van der Waals surface area contributed by atoms with Crippen LogP contribution in [0.3, 0.4) is 0 Å². The zero-order valence-corrected chi connectivity index (χ0v) is 9.96. The number of hydrazine groups is 1. The second-order valence-corrected chi connectivity index (χ2v) is 3.89. The summed E-state index contributed by atoms with van der Waals surface area (Å²) in [6, 6.07) is 2.64. The molecule has 0 fully saturated rings. The summed E-state index contributed by atoms with van der Waals surface area (Å²) in [6.07, 6.45) is -0.0561. The molecule has 0 spiro atoms. The Morgan fingerprint density at radius 3 is 2.32 bits per heavy atom. The summed E-state index contributed by atoms with van der Waals surface area (Å²) in [4.78, 5) is 21.8. The number of anilines is 1. The van der Waals surface area contributed by atoms with Crippen molar-refractivity contribution in [3.05, 3.63) is 18.2 Å². The summed E-state index contributed by atoms with van der Waals surface area (Å²) >= 11 is 0. The molecule has 0 aliphatic heterocycles. The molecule has 0 radical (unpaired) electrons. The van der Waals surface area contributed by atoms with E-state index in [0.717, 1.165) is 6.07 Å². The summed E-state index contributed by atoms with van der Waals surface area (Å²) in [5, 5.41) is 26.9. The van der Waals surface area contributed by atoms with Gasteiger partial charge in [-0.15, -0.1) is 0 Å². The molecule has 0 aromatic heterocycles. The number of amides is 1. The van der Waals surface area contributed by atoms with Crippen LogP contribution < -0.4 is 16.6 Å². The molecule has 0 saturated carbocycles. The number of carboxylic acid groups (broad SMARTS) is 1. The lowest BCUT2D eigenvalue weighted by Crippen LogP contribution is -2.34. The number of carbonyl (C=O) groups excluding carboxylic acids is 1. The van der Waals surface area contributed by atoms with Gasteiger partial charge in [-0.1, -0.05) is 0 Å². The highest BCUT2D eigenvalue weighted by Crippen LogP contribution is 2.23. The van der Waals surface area contributed by atoms with Gasteiger partial charge in [-0.25, -0.2) is 0 Å². The molecule has 1 aromatic rings. The zero-order chi connectivity index (χ0) is 14.4. The molecular weight excluding hydrogens is 254 g/mol. The van der Waals surface area contributed by atoms with E-state index in [1.54, 1.807) is 0 Å². The molecule has 0 aliphatic carbocycles. The first kappa shape index (κ1) is 14.6. The van der Waals surface area contributed by atoms with Crippen LogP contribution in [0, 0.1) is 0 Å². The van der Waals surface area contributed by atoms with Gasteiger partial charge in [-0.3, -0.25) is 20.4 Å². The van der Waals surface area contributed by atoms with E-state index in [0.29, 0.717) is 0 Å². The van der Waals surface area contributed by atoms with Crippen molar-refractivity contribution in [2.75, 3.05) is 5.43 Å². The number of phenolic OH excluding ortho intramolecular Hbond substituents is 2. The Morgan fingerprint density at radius 1 is 1.21 bits per heavy atom. The third kappa shape index (κ3) is 5.13. The first-order chi connectivity index (χ1) is 8.88. The topological polar surface area (TPSA) is 145 Å². The average Bonchev–Trinajstić information content (AvgIpc) is 2.32. The number of aromatic hydroxyl groups is 2. The minimum atomic E-state index is -1.17. The first-order valence-corrected chi connectivity index (χ1v) is 5.44. The Hall–Kier alpha value is -2.48. The van der Waals surface area contributed by atoms with Gasteiger partial charge in [0.05, 0.1) is 5.69 Å². The van der Waals surface area contributed by atoms with Gasteiger partial charge in [0.15, 0.2) is 0 Å². The minimum absolute atomic E-state index is 0.00807.